The van der Waals surface area contributed by atoms with E-state index in [2.05, 4.69) is 50.1 Å². The monoisotopic (exact) mass is 255 g/mol. The number of para-hydroxylation sites is 1. The van der Waals surface area contributed by atoms with Gasteiger partial charge in [0.15, 0.2) is 5.78 Å². The maximum atomic E-state index is 12.3. The summed E-state index contributed by atoms with van der Waals surface area (Å²) in [6.07, 6.45) is 5.24. The Bertz CT molecular complexity index is 552. The van der Waals surface area contributed by atoms with Crippen molar-refractivity contribution in [3.05, 3.63) is 41.6 Å². The van der Waals surface area contributed by atoms with Gasteiger partial charge in [-0.15, -0.1) is 0 Å². The number of carbonyl (C=O) groups is 1. The molecule has 0 aromatic heterocycles. The molecule has 0 atom stereocenters. The number of carbonyl (C=O) groups excluding carboxylic acids is 1. The van der Waals surface area contributed by atoms with Crippen LogP contribution in [0.1, 0.15) is 38.7 Å². The van der Waals surface area contributed by atoms with E-state index in [-0.39, 0.29) is 11.3 Å². The summed E-state index contributed by atoms with van der Waals surface area (Å²) in [4.78, 5) is 14.4. The molecule has 1 fully saturated rings. The average molecular weight is 255 g/mol. The van der Waals surface area contributed by atoms with Crippen LogP contribution in [0.25, 0.3) is 0 Å². The van der Waals surface area contributed by atoms with Gasteiger partial charge in [0.1, 0.15) is 0 Å². The number of rotatable bonds is 2. The Hall–Kier alpha value is -1.57. The van der Waals surface area contributed by atoms with Crippen molar-refractivity contribution in [1.82, 2.24) is 0 Å². The lowest BCUT2D eigenvalue weighted by molar-refractivity contribution is -0.120. The van der Waals surface area contributed by atoms with Crippen LogP contribution in [-0.2, 0) is 10.2 Å². The smallest absolute Gasteiger partial charge is 0.160 e. The van der Waals surface area contributed by atoms with Crippen molar-refractivity contribution in [2.75, 3.05) is 11.9 Å². The lowest BCUT2D eigenvalue weighted by atomic mass is 9.79. The third-order valence-electron chi connectivity index (χ3n) is 4.73. The van der Waals surface area contributed by atoms with Gasteiger partial charge in [-0.1, -0.05) is 38.5 Å². The van der Waals surface area contributed by atoms with Gasteiger partial charge in [-0.05, 0) is 24.5 Å². The first-order chi connectivity index (χ1) is 9.01. The quantitative estimate of drug-likeness (QED) is 0.752. The fourth-order valence-corrected chi connectivity index (χ4v) is 3.20. The van der Waals surface area contributed by atoms with Gasteiger partial charge in [0.2, 0.25) is 0 Å². The Morgan fingerprint density at radius 1 is 1.32 bits per heavy atom. The minimum Gasteiger partial charge on any atom is -0.347 e. The average Bonchev–Trinajstić information content (AvgIpc) is 2.49. The molecule has 2 aliphatic rings. The van der Waals surface area contributed by atoms with Crippen molar-refractivity contribution in [1.29, 1.82) is 0 Å². The summed E-state index contributed by atoms with van der Waals surface area (Å²) >= 11 is 0. The van der Waals surface area contributed by atoms with E-state index >= 15 is 0 Å². The van der Waals surface area contributed by atoms with Crippen LogP contribution in [0.2, 0.25) is 0 Å². The Labute approximate surface area is 115 Å². The van der Waals surface area contributed by atoms with Crippen molar-refractivity contribution >= 4 is 11.5 Å². The summed E-state index contributed by atoms with van der Waals surface area (Å²) < 4.78 is 0. The summed E-state index contributed by atoms with van der Waals surface area (Å²) in [7, 11) is 2.06. The van der Waals surface area contributed by atoms with E-state index in [4.69, 9.17) is 0 Å². The summed E-state index contributed by atoms with van der Waals surface area (Å²) in [5.41, 5.74) is 3.58. The number of fused-ring (bicyclic) bond motifs is 1. The number of benzene rings is 1. The zero-order chi connectivity index (χ0) is 13.6. The number of hydrogen-bond donors (Lipinski definition) is 0. The van der Waals surface area contributed by atoms with Gasteiger partial charge in [0.25, 0.3) is 0 Å². The highest BCUT2D eigenvalue weighted by Crippen LogP contribution is 2.46. The fourth-order valence-electron chi connectivity index (χ4n) is 3.20. The Kier molecular flexibility index (Phi) is 2.77. The van der Waals surface area contributed by atoms with Crippen LogP contribution in [-0.4, -0.2) is 12.8 Å². The molecule has 1 heterocycles. The van der Waals surface area contributed by atoms with Crippen molar-refractivity contribution in [3.63, 3.8) is 0 Å². The zero-order valence-corrected chi connectivity index (χ0v) is 11.9. The maximum Gasteiger partial charge on any atom is 0.160 e. The van der Waals surface area contributed by atoms with Gasteiger partial charge in [-0.3, -0.25) is 4.79 Å². The molecule has 1 aromatic carbocycles. The molecule has 1 saturated carbocycles. The van der Waals surface area contributed by atoms with E-state index in [0.29, 0.717) is 5.78 Å². The summed E-state index contributed by atoms with van der Waals surface area (Å²) in [6, 6.07) is 8.43. The molecule has 19 heavy (non-hydrogen) atoms. The molecule has 1 aliphatic carbocycles. The van der Waals surface area contributed by atoms with Crippen LogP contribution < -0.4 is 4.90 Å². The Morgan fingerprint density at radius 3 is 2.58 bits per heavy atom. The number of ketones is 1. The topological polar surface area (TPSA) is 20.3 Å². The third kappa shape index (κ3) is 1.81. The van der Waals surface area contributed by atoms with Crippen molar-refractivity contribution in [2.24, 2.45) is 5.92 Å². The lowest BCUT2D eigenvalue weighted by Gasteiger charge is -2.27. The van der Waals surface area contributed by atoms with E-state index in [0.717, 1.165) is 18.5 Å². The maximum absolute atomic E-state index is 12.3. The van der Waals surface area contributed by atoms with Gasteiger partial charge in [-0.25, -0.2) is 0 Å². The molecule has 0 bridgehead atoms. The van der Waals surface area contributed by atoms with Crippen molar-refractivity contribution < 1.29 is 4.79 Å². The molecule has 1 aliphatic heterocycles. The van der Waals surface area contributed by atoms with Crippen LogP contribution in [0, 0.1) is 5.92 Å². The highest BCUT2D eigenvalue weighted by molar-refractivity contribution is 5.94. The molecule has 0 amide bonds. The van der Waals surface area contributed by atoms with Crippen LogP contribution in [0.5, 0.6) is 0 Å². The fraction of sp³-hybridized carbons (Fsp3) is 0.471. The first kappa shape index (κ1) is 12.5. The number of allylic oxidation sites excluding steroid dienone is 2. The van der Waals surface area contributed by atoms with Crippen molar-refractivity contribution in [3.8, 4) is 0 Å². The molecule has 0 saturated heterocycles. The standard InChI is InChI=1S/C17H21NO/c1-17(2)13-9-4-5-10-14(13)18(3)16(17)11-15(19)12-7-6-8-12/h4-5,9-12H,6-8H2,1-3H3. The lowest BCUT2D eigenvalue weighted by Crippen LogP contribution is -2.27. The molecule has 0 N–H and O–H groups in total. The van der Waals surface area contributed by atoms with Gasteiger partial charge < -0.3 is 4.90 Å². The summed E-state index contributed by atoms with van der Waals surface area (Å²) in [5.74, 6) is 0.592. The van der Waals surface area contributed by atoms with Crippen LogP contribution >= 0.6 is 0 Å². The second-order valence-electron chi connectivity index (χ2n) is 6.26. The first-order valence-electron chi connectivity index (χ1n) is 7.11. The van der Waals surface area contributed by atoms with Crippen LogP contribution in [0.15, 0.2) is 36.0 Å². The van der Waals surface area contributed by atoms with Crippen LogP contribution in [0.4, 0.5) is 5.69 Å². The van der Waals surface area contributed by atoms with Gasteiger partial charge >= 0.3 is 0 Å². The van der Waals surface area contributed by atoms with Gasteiger partial charge in [0.05, 0.1) is 0 Å². The number of likely N-dealkylation sites (N-methyl/N-ethyl adjacent to an activating group) is 1. The molecule has 2 nitrogen and oxygen atoms in total. The predicted octanol–water partition coefficient (Wildman–Crippen LogP) is 3.67. The highest BCUT2D eigenvalue weighted by Gasteiger charge is 2.39. The molecule has 0 spiro atoms. The molecule has 3 rings (SSSR count). The molecule has 0 unspecified atom stereocenters. The van der Waals surface area contributed by atoms with E-state index in [1.165, 1.54) is 17.7 Å². The van der Waals surface area contributed by atoms with E-state index in [1.807, 2.05) is 6.08 Å². The van der Waals surface area contributed by atoms with E-state index < -0.39 is 0 Å². The van der Waals surface area contributed by atoms with E-state index in [1.54, 1.807) is 0 Å². The Balaban J connectivity index is 1.99. The molecular weight excluding hydrogens is 234 g/mol. The largest absolute Gasteiger partial charge is 0.347 e. The first-order valence-corrected chi connectivity index (χ1v) is 7.11. The van der Waals surface area contributed by atoms with Crippen LogP contribution in [0.3, 0.4) is 0 Å². The highest BCUT2D eigenvalue weighted by atomic mass is 16.1. The minimum absolute atomic E-state index is 0.0786. The summed E-state index contributed by atoms with van der Waals surface area (Å²) in [5, 5.41) is 0. The van der Waals surface area contributed by atoms with Crippen molar-refractivity contribution in [2.45, 2.75) is 38.5 Å². The second-order valence-corrected chi connectivity index (χ2v) is 6.26. The number of nitrogens with zero attached hydrogens (tertiary/aromatic N) is 1. The molecule has 100 valence electrons. The minimum atomic E-state index is -0.0786. The zero-order valence-electron chi connectivity index (χ0n) is 11.9. The van der Waals surface area contributed by atoms with Gasteiger partial charge in [0, 0.05) is 35.8 Å². The SMILES string of the molecule is CN1C(=CC(=O)C2CCC2)C(C)(C)c2ccccc21. The third-order valence-corrected chi connectivity index (χ3v) is 4.73. The van der Waals surface area contributed by atoms with Gasteiger partial charge in [-0.2, -0.15) is 0 Å². The molecule has 2 heteroatoms. The predicted molar refractivity (Wildman–Crippen MR) is 78.3 cm³/mol. The number of anilines is 1. The number of hydrogen-bond acceptors (Lipinski definition) is 2. The summed E-state index contributed by atoms with van der Waals surface area (Å²) in [6.45, 7) is 4.41. The Morgan fingerprint density at radius 2 is 2.00 bits per heavy atom. The van der Waals surface area contributed by atoms with E-state index in [9.17, 15) is 4.79 Å². The molecular formula is C17H21NO. The molecule has 0 radical (unpaired) electrons. The normalized spacial score (nSPS) is 23.3. The molecule has 1 aromatic rings. The second kappa shape index (κ2) is 4.22.